The first-order valence-electron chi connectivity index (χ1n) is 7.06. The number of azo groups is 1. The van der Waals surface area contributed by atoms with Gasteiger partial charge in [0.2, 0.25) is 5.91 Å². The highest BCUT2D eigenvalue weighted by atomic mass is 16.5. The van der Waals surface area contributed by atoms with Gasteiger partial charge >= 0.3 is 5.97 Å². The van der Waals surface area contributed by atoms with Crippen molar-refractivity contribution in [2.45, 2.75) is 24.4 Å². The number of nitrogens with zero attached hydrogens (tertiary/aromatic N) is 3. The largest absolute Gasteiger partial charge is 0.465 e. The van der Waals surface area contributed by atoms with Gasteiger partial charge in [0.05, 0.1) is 29.8 Å². The monoisotopic (exact) mass is 299 g/mol. The summed E-state index contributed by atoms with van der Waals surface area (Å²) in [6.07, 6.45) is 1.62. The topological polar surface area (TPSA) is 88.4 Å². The number of hydrogen-bond acceptors (Lipinski definition) is 6. The van der Waals surface area contributed by atoms with Gasteiger partial charge in [0.15, 0.2) is 6.04 Å². The second-order valence-corrected chi connectivity index (χ2v) is 5.79. The highest BCUT2D eigenvalue weighted by Crippen LogP contribution is 2.55. The number of fused-ring (bicyclic) bond motifs is 2. The normalized spacial score (nSPS) is 27.4. The lowest BCUT2D eigenvalue weighted by Gasteiger charge is -2.16. The molecule has 1 aromatic carbocycles. The van der Waals surface area contributed by atoms with Crippen LogP contribution in [0.25, 0.3) is 0 Å². The van der Waals surface area contributed by atoms with E-state index >= 15 is 0 Å². The van der Waals surface area contributed by atoms with E-state index in [1.165, 1.54) is 19.2 Å². The predicted octanol–water partition coefficient (Wildman–Crippen LogP) is 1.33. The Balaban J connectivity index is 1.66. The van der Waals surface area contributed by atoms with E-state index < -0.39 is 23.5 Å². The minimum Gasteiger partial charge on any atom is -0.465 e. The Morgan fingerprint density at radius 3 is 2.50 bits per heavy atom. The lowest BCUT2D eigenvalue weighted by molar-refractivity contribution is -0.122. The Morgan fingerprint density at radius 1 is 1.23 bits per heavy atom. The van der Waals surface area contributed by atoms with Crippen LogP contribution in [-0.4, -0.2) is 36.5 Å². The highest BCUT2D eigenvalue weighted by Gasteiger charge is 2.67. The van der Waals surface area contributed by atoms with Crippen molar-refractivity contribution in [1.29, 1.82) is 0 Å². The minimum atomic E-state index is -0.685. The molecule has 2 atom stereocenters. The summed E-state index contributed by atoms with van der Waals surface area (Å²) in [4.78, 5) is 37.7. The van der Waals surface area contributed by atoms with E-state index in [9.17, 15) is 14.4 Å². The summed E-state index contributed by atoms with van der Waals surface area (Å²) in [5.74, 6) is -1.51. The molecule has 1 aromatic rings. The molecule has 22 heavy (non-hydrogen) atoms. The number of carbonyl (C=O) groups is 3. The number of ether oxygens (including phenoxy) is 1. The molecule has 1 aliphatic carbocycles. The van der Waals surface area contributed by atoms with Gasteiger partial charge in [-0.3, -0.25) is 9.59 Å². The van der Waals surface area contributed by atoms with Crippen LogP contribution < -0.4 is 4.90 Å². The molecule has 0 aromatic heterocycles. The number of benzene rings is 1. The van der Waals surface area contributed by atoms with Gasteiger partial charge in [0, 0.05) is 0 Å². The third-order valence-electron chi connectivity index (χ3n) is 4.54. The SMILES string of the molecule is COC(=O)c1ccc(N2C(=O)[C@H]3N=NC4(CC4)[C@@H]3C2=O)cc1. The van der Waals surface area contributed by atoms with Gasteiger partial charge in [-0.2, -0.15) is 10.2 Å². The van der Waals surface area contributed by atoms with Crippen LogP contribution in [0.4, 0.5) is 5.69 Å². The van der Waals surface area contributed by atoms with E-state index in [-0.39, 0.29) is 11.8 Å². The van der Waals surface area contributed by atoms with Crippen molar-refractivity contribution in [3.05, 3.63) is 29.8 Å². The maximum absolute atomic E-state index is 12.6. The van der Waals surface area contributed by atoms with Crippen LogP contribution in [0, 0.1) is 5.92 Å². The third kappa shape index (κ3) is 1.59. The van der Waals surface area contributed by atoms with Gasteiger partial charge in [-0.05, 0) is 37.1 Å². The van der Waals surface area contributed by atoms with Crippen molar-refractivity contribution >= 4 is 23.5 Å². The second kappa shape index (κ2) is 4.22. The van der Waals surface area contributed by atoms with Crippen molar-refractivity contribution in [3.63, 3.8) is 0 Å². The third-order valence-corrected chi connectivity index (χ3v) is 4.54. The molecule has 0 radical (unpaired) electrons. The summed E-state index contributed by atoms with van der Waals surface area (Å²) in [6.45, 7) is 0. The number of esters is 1. The molecule has 4 rings (SSSR count). The fraction of sp³-hybridized carbons (Fsp3) is 0.400. The van der Waals surface area contributed by atoms with Crippen molar-refractivity contribution in [3.8, 4) is 0 Å². The molecule has 7 nitrogen and oxygen atoms in total. The molecule has 1 spiro atoms. The number of amides is 2. The average Bonchev–Trinajstić information content (AvgIpc) is 3.13. The van der Waals surface area contributed by atoms with E-state index in [0.717, 1.165) is 17.7 Å². The molecule has 112 valence electrons. The first kappa shape index (κ1) is 13.1. The number of rotatable bonds is 2. The van der Waals surface area contributed by atoms with Crippen LogP contribution >= 0.6 is 0 Å². The number of methoxy groups -OCH3 is 1. The number of anilines is 1. The lowest BCUT2D eigenvalue weighted by Crippen LogP contribution is -2.33. The summed E-state index contributed by atoms with van der Waals surface area (Å²) in [6, 6.07) is 5.52. The Bertz CT molecular complexity index is 721. The molecule has 2 heterocycles. The summed E-state index contributed by atoms with van der Waals surface area (Å²) >= 11 is 0. The molecular weight excluding hydrogens is 286 g/mol. The standard InChI is InChI=1S/C15H13N3O4/c1-22-14(21)8-2-4-9(5-3-8)18-12(19)10-11(13(18)20)16-17-15(10)6-7-15/h2-5,10-11H,6-7H2,1H3/t10-,11-/m0/s1. The van der Waals surface area contributed by atoms with Crippen LogP contribution in [-0.2, 0) is 14.3 Å². The van der Waals surface area contributed by atoms with Crippen LogP contribution in [0.5, 0.6) is 0 Å². The Hall–Kier alpha value is -2.57. The van der Waals surface area contributed by atoms with Crippen LogP contribution in [0.1, 0.15) is 23.2 Å². The van der Waals surface area contributed by atoms with Crippen molar-refractivity contribution in [2.75, 3.05) is 12.0 Å². The van der Waals surface area contributed by atoms with Crippen LogP contribution in [0.2, 0.25) is 0 Å². The Labute approximate surface area is 126 Å². The van der Waals surface area contributed by atoms with Gasteiger partial charge in [0.25, 0.3) is 5.91 Å². The lowest BCUT2D eigenvalue weighted by atomic mass is 9.94. The zero-order chi connectivity index (χ0) is 15.5. The molecule has 1 saturated heterocycles. The molecule has 2 aliphatic heterocycles. The molecule has 3 aliphatic rings. The van der Waals surface area contributed by atoms with Gasteiger partial charge in [-0.25, -0.2) is 9.69 Å². The molecule has 0 N–H and O–H groups in total. The van der Waals surface area contributed by atoms with Crippen molar-refractivity contribution in [2.24, 2.45) is 16.1 Å². The summed E-state index contributed by atoms with van der Waals surface area (Å²) in [5, 5.41) is 8.15. The summed E-state index contributed by atoms with van der Waals surface area (Å²) < 4.78 is 4.63. The van der Waals surface area contributed by atoms with Crippen LogP contribution in [0.15, 0.2) is 34.5 Å². The number of carbonyl (C=O) groups excluding carboxylic acids is 3. The molecule has 0 unspecified atom stereocenters. The molecule has 1 saturated carbocycles. The van der Waals surface area contributed by atoms with Crippen molar-refractivity contribution < 1.29 is 19.1 Å². The van der Waals surface area contributed by atoms with Gasteiger partial charge < -0.3 is 4.74 Å². The predicted molar refractivity (Wildman–Crippen MR) is 74.4 cm³/mol. The maximum atomic E-state index is 12.6. The second-order valence-electron chi connectivity index (χ2n) is 5.79. The Morgan fingerprint density at radius 2 is 1.91 bits per heavy atom. The highest BCUT2D eigenvalue weighted by molar-refractivity contribution is 6.24. The molecule has 0 bridgehead atoms. The van der Waals surface area contributed by atoms with E-state index in [4.69, 9.17) is 0 Å². The number of imide groups is 1. The first-order chi connectivity index (χ1) is 10.6. The zero-order valence-electron chi connectivity index (χ0n) is 11.9. The Kier molecular flexibility index (Phi) is 2.52. The van der Waals surface area contributed by atoms with Crippen LogP contribution in [0.3, 0.4) is 0 Å². The fourth-order valence-electron chi connectivity index (χ4n) is 3.19. The van der Waals surface area contributed by atoms with Gasteiger partial charge in [-0.1, -0.05) is 0 Å². The van der Waals surface area contributed by atoms with Crippen molar-refractivity contribution in [1.82, 2.24) is 0 Å². The summed E-state index contributed by atoms with van der Waals surface area (Å²) in [7, 11) is 1.30. The molecule has 2 amide bonds. The zero-order valence-corrected chi connectivity index (χ0v) is 11.9. The minimum absolute atomic E-state index is 0.247. The first-order valence-corrected chi connectivity index (χ1v) is 7.06. The smallest absolute Gasteiger partial charge is 0.337 e. The quantitative estimate of drug-likeness (QED) is 0.608. The number of hydrogen-bond donors (Lipinski definition) is 0. The molecule has 2 fully saturated rings. The molecular formula is C15H13N3O4. The van der Waals surface area contributed by atoms with E-state index in [1.54, 1.807) is 12.1 Å². The van der Waals surface area contributed by atoms with E-state index in [1.807, 2.05) is 0 Å². The molecule has 7 heteroatoms. The van der Waals surface area contributed by atoms with Gasteiger partial charge in [0.1, 0.15) is 0 Å². The van der Waals surface area contributed by atoms with E-state index in [0.29, 0.717) is 11.3 Å². The fourth-order valence-corrected chi connectivity index (χ4v) is 3.19. The van der Waals surface area contributed by atoms with E-state index in [2.05, 4.69) is 15.0 Å². The average molecular weight is 299 g/mol. The van der Waals surface area contributed by atoms with Gasteiger partial charge in [-0.15, -0.1) is 0 Å². The summed E-state index contributed by atoms with van der Waals surface area (Å²) in [5.41, 5.74) is 0.380. The maximum Gasteiger partial charge on any atom is 0.337 e.